The molecule has 1 fully saturated rings. The van der Waals surface area contributed by atoms with Gasteiger partial charge in [0.05, 0.1) is 16.4 Å². The molecule has 1 aliphatic carbocycles. The van der Waals surface area contributed by atoms with Crippen molar-refractivity contribution >= 4 is 34.4 Å². The highest BCUT2D eigenvalue weighted by Gasteiger charge is 2.37. The van der Waals surface area contributed by atoms with E-state index in [1.54, 1.807) is 0 Å². The zero-order valence-electron chi connectivity index (χ0n) is 12.3. The summed E-state index contributed by atoms with van der Waals surface area (Å²) in [5, 5.41) is -0.0540. The molecular weight excluding hydrogens is 288 g/mol. The Morgan fingerprint density at radius 2 is 2.20 bits per heavy atom. The Kier molecular flexibility index (Phi) is 3.76. The summed E-state index contributed by atoms with van der Waals surface area (Å²) >= 11 is 8.36. The molecule has 3 rings (SSSR count). The van der Waals surface area contributed by atoms with Crippen molar-refractivity contribution in [2.24, 2.45) is 0 Å². The van der Waals surface area contributed by atoms with Crippen LogP contribution in [0.4, 0.5) is 0 Å². The van der Waals surface area contributed by atoms with Gasteiger partial charge in [-0.1, -0.05) is 12.5 Å². The summed E-state index contributed by atoms with van der Waals surface area (Å²) in [5.41, 5.74) is 3.54. The molecule has 1 atom stereocenters. The number of nitrogens with zero attached hydrogens (tertiary/aromatic N) is 2. The maximum atomic E-state index is 6.36. The van der Waals surface area contributed by atoms with Crippen LogP contribution in [0, 0.1) is 6.92 Å². The number of thioether (sulfide) groups is 1. The van der Waals surface area contributed by atoms with E-state index in [1.807, 2.05) is 18.7 Å². The van der Waals surface area contributed by atoms with Crippen LogP contribution in [0.1, 0.15) is 43.0 Å². The largest absolute Gasteiger partial charge is 0.325 e. The van der Waals surface area contributed by atoms with Crippen molar-refractivity contribution in [3.05, 3.63) is 29.6 Å². The standard InChI is InChI=1S/C16H21ClN2S/c1-11-5-6-14-13(9-11)18-15(12(2)17)19(14)10-16(20-3)7-4-8-16/h5-6,9,12H,4,7-8,10H2,1-3H3. The second-order valence-corrected chi connectivity index (χ2v) is 7.83. The number of halogens is 1. The lowest BCUT2D eigenvalue weighted by Gasteiger charge is -2.41. The number of rotatable bonds is 4. The molecule has 20 heavy (non-hydrogen) atoms. The van der Waals surface area contributed by atoms with Gasteiger partial charge in [-0.05, 0) is 50.6 Å². The number of benzene rings is 1. The van der Waals surface area contributed by atoms with Crippen molar-refractivity contribution in [1.82, 2.24) is 9.55 Å². The molecule has 0 spiro atoms. The van der Waals surface area contributed by atoms with E-state index in [2.05, 4.69) is 35.9 Å². The molecule has 108 valence electrons. The van der Waals surface area contributed by atoms with Crippen molar-refractivity contribution in [2.45, 2.75) is 49.8 Å². The van der Waals surface area contributed by atoms with Gasteiger partial charge in [0.25, 0.3) is 0 Å². The normalized spacial score (nSPS) is 19.0. The molecule has 1 unspecified atom stereocenters. The molecule has 0 saturated heterocycles. The van der Waals surface area contributed by atoms with Crippen LogP contribution < -0.4 is 0 Å². The third-order valence-corrected chi connectivity index (χ3v) is 6.03. The minimum Gasteiger partial charge on any atom is -0.325 e. The van der Waals surface area contributed by atoms with Crippen LogP contribution in [0.15, 0.2) is 18.2 Å². The third-order valence-electron chi connectivity index (χ3n) is 4.43. The highest BCUT2D eigenvalue weighted by molar-refractivity contribution is 8.00. The highest BCUT2D eigenvalue weighted by Crippen LogP contribution is 2.45. The zero-order chi connectivity index (χ0) is 14.3. The van der Waals surface area contributed by atoms with Crippen LogP contribution >= 0.6 is 23.4 Å². The molecule has 0 aliphatic heterocycles. The summed E-state index contributed by atoms with van der Waals surface area (Å²) in [5.74, 6) is 1.01. The Morgan fingerprint density at radius 3 is 2.75 bits per heavy atom. The van der Waals surface area contributed by atoms with Crippen LogP contribution in [0.3, 0.4) is 0 Å². The summed E-state index contributed by atoms with van der Waals surface area (Å²) in [7, 11) is 0. The minimum atomic E-state index is -0.0540. The van der Waals surface area contributed by atoms with Gasteiger partial charge in [-0.25, -0.2) is 4.98 Å². The lowest BCUT2D eigenvalue weighted by molar-refractivity contribution is 0.321. The summed E-state index contributed by atoms with van der Waals surface area (Å²) in [6, 6.07) is 6.50. The second kappa shape index (κ2) is 5.27. The average molecular weight is 309 g/mol. The molecule has 4 heteroatoms. The fraction of sp³-hybridized carbons (Fsp3) is 0.562. The molecule has 1 saturated carbocycles. The molecule has 0 amide bonds. The van der Waals surface area contributed by atoms with Crippen LogP contribution in [-0.4, -0.2) is 20.6 Å². The SMILES string of the molecule is CSC1(Cn2c(C(C)Cl)nc3cc(C)ccc32)CCC1. The number of alkyl halides is 1. The quantitative estimate of drug-likeness (QED) is 0.745. The Balaban J connectivity index is 2.09. The lowest BCUT2D eigenvalue weighted by atomic mass is 9.84. The first kappa shape index (κ1) is 14.3. The Bertz CT molecular complexity index is 623. The number of aromatic nitrogens is 2. The summed E-state index contributed by atoms with van der Waals surface area (Å²) in [6.45, 7) is 5.15. The van der Waals surface area contributed by atoms with Gasteiger partial charge in [0.2, 0.25) is 0 Å². The molecule has 0 radical (unpaired) electrons. The zero-order valence-corrected chi connectivity index (χ0v) is 13.9. The maximum absolute atomic E-state index is 6.36. The van der Waals surface area contributed by atoms with E-state index in [1.165, 1.54) is 30.3 Å². The number of fused-ring (bicyclic) bond motifs is 1. The highest BCUT2D eigenvalue weighted by atomic mass is 35.5. The molecule has 0 N–H and O–H groups in total. The van der Waals surface area contributed by atoms with Gasteiger partial charge in [0.15, 0.2) is 0 Å². The minimum absolute atomic E-state index is 0.0540. The van der Waals surface area contributed by atoms with Crippen molar-refractivity contribution in [3.63, 3.8) is 0 Å². The van der Waals surface area contributed by atoms with Gasteiger partial charge < -0.3 is 4.57 Å². The summed E-state index contributed by atoms with van der Waals surface area (Å²) < 4.78 is 2.74. The predicted octanol–water partition coefficient (Wildman–Crippen LogP) is 4.93. The Hall–Kier alpha value is -0.670. The van der Waals surface area contributed by atoms with Gasteiger partial charge >= 0.3 is 0 Å². The van der Waals surface area contributed by atoms with Gasteiger partial charge in [0, 0.05) is 11.3 Å². The van der Waals surface area contributed by atoms with Crippen molar-refractivity contribution in [1.29, 1.82) is 0 Å². The van der Waals surface area contributed by atoms with E-state index in [9.17, 15) is 0 Å². The summed E-state index contributed by atoms with van der Waals surface area (Å²) in [4.78, 5) is 4.77. The van der Waals surface area contributed by atoms with Gasteiger partial charge in [0.1, 0.15) is 5.82 Å². The molecular formula is C16H21ClN2S. The van der Waals surface area contributed by atoms with E-state index < -0.39 is 0 Å². The van der Waals surface area contributed by atoms with Crippen molar-refractivity contribution in [3.8, 4) is 0 Å². The fourth-order valence-corrected chi connectivity index (χ4v) is 4.14. The first-order chi connectivity index (χ1) is 9.54. The smallest absolute Gasteiger partial charge is 0.127 e. The van der Waals surface area contributed by atoms with Gasteiger partial charge in [-0.3, -0.25) is 0 Å². The molecule has 0 bridgehead atoms. The topological polar surface area (TPSA) is 17.8 Å². The van der Waals surface area contributed by atoms with E-state index in [-0.39, 0.29) is 5.38 Å². The molecule has 2 aromatic rings. The predicted molar refractivity (Wildman–Crippen MR) is 88.8 cm³/mol. The number of hydrogen-bond donors (Lipinski definition) is 0. The van der Waals surface area contributed by atoms with Gasteiger partial charge in [-0.2, -0.15) is 11.8 Å². The Labute approximate surface area is 129 Å². The van der Waals surface area contributed by atoms with E-state index in [4.69, 9.17) is 16.6 Å². The lowest BCUT2D eigenvalue weighted by Crippen LogP contribution is -2.38. The molecule has 1 heterocycles. The van der Waals surface area contributed by atoms with E-state index in [0.717, 1.165) is 17.9 Å². The monoisotopic (exact) mass is 308 g/mol. The van der Waals surface area contributed by atoms with Crippen molar-refractivity contribution in [2.75, 3.05) is 6.26 Å². The summed E-state index contributed by atoms with van der Waals surface area (Å²) in [6.07, 6.45) is 6.18. The van der Waals surface area contributed by atoms with Crippen molar-refractivity contribution < 1.29 is 0 Å². The third kappa shape index (κ3) is 2.35. The Morgan fingerprint density at radius 1 is 1.45 bits per heavy atom. The first-order valence-corrected chi connectivity index (χ1v) is 8.87. The molecule has 1 aliphatic rings. The van der Waals surface area contributed by atoms with Crippen LogP contribution in [0.2, 0.25) is 0 Å². The number of aryl methyl sites for hydroxylation is 1. The number of hydrogen-bond acceptors (Lipinski definition) is 2. The fourth-order valence-electron chi connectivity index (χ4n) is 3.01. The molecule has 1 aromatic carbocycles. The van der Waals surface area contributed by atoms with E-state index in [0.29, 0.717) is 4.75 Å². The van der Waals surface area contributed by atoms with Crippen LogP contribution in [0.25, 0.3) is 11.0 Å². The second-order valence-electron chi connectivity index (χ2n) is 5.91. The van der Waals surface area contributed by atoms with Crippen LogP contribution in [-0.2, 0) is 6.54 Å². The van der Waals surface area contributed by atoms with E-state index >= 15 is 0 Å². The maximum Gasteiger partial charge on any atom is 0.127 e. The first-order valence-electron chi connectivity index (χ1n) is 7.21. The van der Waals surface area contributed by atoms with Crippen LogP contribution in [0.5, 0.6) is 0 Å². The average Bonchev–Trinajstić information content (AvgIpc) is 2.71. The molecule has 1 aromatic heterocycles. The van der Waals surface area contributed by atoms with Gasteiger partial charge in [-0.15, -0.1) is 11.6 Å². The number of imidazole rings is 1. The molecule has 2 nitrogen and oxygen atoms in total.